The summed E-state index contributed by atoms with van der Waals surface area (Å²) in [7, 11) is 0. The first-order valence-corrected chi connectivity index (χ1v) is 10.6. The quantitative estimate of drug-likeness (QED) is 0.671. The molecule has 0 unspecified atom stereocenters. The van der Waals surface area contributed by atoms with E-state index in [1.807, 2.05) is 13.0 Å². The Balaban J connectivity index is 1.63. The molecule has 1 aromatic carbocycles. The van der Waals surface area contributed by atoms with Gasteiger partial charge in [0.2, 0.25) is 5.95 Å². The predicted octanol–water partition coefficient (Wildman–Crippen LogP) is 3.43. The van der Waals surface area contributed by atoms with Crippen LogP contribution in [0.4, 0.5) is 23.1 Å². The van der Waals surface area contributed by atoms with Crippen LogP contribution < -0.4 is 15.5 Å². The largest absolute Gasteiger partial charge is 0.379 e. The van der Waals surface area contributed by atoms with E-state index in [-0.39, 0.29) is 0 Å². The number of nitrogens with one attached hydrogen (secondary N) is 2. The first kappa shape index (κ1) is 21.3. The molecule has 0 aliphatic carbocycles. The maximum Gasteiger partial charge on any atom is 0.229 e. The number of hydrogen-bond acceptors (Lipinski definition) is 7. The summed E-state index contributed by atoms with van der Waals surface area (Å²) in [6.45, 7) is 16.0. The topological polar surface area (TPSA) is 65.5 Å². The van der Waals surface area contributed by atoms with E-state index in [1.54, 1.807) is 0 Å². The van der Waals surface area contributed by atoms with Gasteiger partial charge in [-0.15, -0.1) is 0 Å². The number of nitrogens with zero attached hydrogens (tertiary/aromatic N) is 4. The van der Waals surface area contributed by atoms with E-state index in [1.165, 1.54) is 11.3 Å². The van der Waals surface area contributed by atoms with Gasteiger partial charge in [0.25, 0.3) is 0 Å². The number of anilines is 4. The van der Waals surface area contributed by atoms with Crippen LogP contribution in [0.2, 0.25) is 0 Å². The maximum atomic E-state index is 5.40. The average molecular weight is 399 g/mol. The van der Waals surface area contributed by atoms with Gasteiger partial charge in [0.05, 0.1) is 13.2 Å². The highest BCUT2D eigenvalue weighted by Gasteiger charge is 2.10. The summed E-state index contributed by atoms with van der Waals surface area (Å²) < 4.78 is 5.40. The maximum absolute atomic E-state index is 5.40. The normalized spacial score (nSPS) is 14.6. The third-order valence-electron chi connectivity index (χ3n) is 5.28. The molecule has 0 bridgehead atoms. The Morgan fingerprint density at radius 2 is 1.83 bits per heavy atom. The smallest absolute Gasteiger partial charge is 0.229 e. The van der Waals surface area contributed by atoms with Gasteiger partial charge in [-0.3, -0.25) is 4.90 Å². The summed E-state index contributed by atoms with van der Waals surface area (Å²) >= 11 is 0. The molecular weight excluding hydrogens is 364 g/mol. The van der Waals surface area contributed by atoms with Crippen molar-refractivity contribution in [1.29, 1.82) is 0 Å². The van der Waals surface area contributed by atoms with E-state index >= 15 is 0 Å². The fourth-order valence-electron chi connectivity index (χ4n) is 3.58. The molecule has 0 radical (unpaired) electrons. The van der Waals surface area contributed by atoms with Crippen LogP contribution in [0.25, 0.3) is 0 Å². The lowest BCUT2D eigenvalue weighted by Gasteiger charge is -2.26. The third kappa shape index (κ3) is 6.05. The second-order valence-electron chi connectivity index (χ2n) is 7.40. The van der Waals surface area contributed by atoms with Crippen LogP contribution in [-0.4, -0.2) is 67.4 Å². The number of aryl methyl sites for hydroxylation is 2. The van der Waals surface area contributed by atoms with Crippen LogP contribution in [0.5, 0.6) is 0 Å². The minimum Gasteiger partial charge on any atom is -0.379 e. The number of ether oxygens (including phenoxy) is 1. The highest BCUT2D eigenvalue weighted by molar-refractivity contribution is 5.64. The summed E-state index contributed by atoms with van der Waals surface area (Å²) in [5, 5.41) is 6.82. The van der Waals surface area contributed by atoms with Crippen LogP contribution >= 0.6 is 0 Å². The summed E-state index contributed by atoms with van der Waals surface area (Å²) in [6, 6.07) is 8.47. The molecule has 1 saturated heterocycles. The Morgan fingerprint density at radius 1 is 1.07 bits per heavy atom. The van der Waals surface area contributed by atoms with Gasteiger partial charge in [-0.25, -0.2) is 4.98 Å². The van der Waals surface area contributed by atoms with E-state index < -0.39 is 0 Å². The van der Waals surface area contributed by atoms with Crippen LogP contribution in [-0.2, 0) is 4.74 Å². The van der Waals surface area contributed by atoms with Crippen molar-refractivity contribution in [1.82, 2.24) is 14.9 Å². The molecule has 0 atom stereocenters. The fraction of sp³-hybridized carbons (Fsp3) is 0.545. The van der Waals surface area contributed by atoms with Crippen molar-refractivity contribution in [2.24, 2.45) is 0 Å². The van der Waals surface area contributed by atoms with Crippen molar-refractivity contribution in [2.45, 2.75) is 27.7 Å². The van der Waals surface area contributed by atoms with Crippen molar-refractivity contribution < 1.29 is 4.74 Å². The monoisotopic (exact) mass is 398 g/mol. The molecule has 0 saturated carbocycles. The molecule has 1 aliphatic rings. The second kappa shape index (κ2) is 10.4. The van der Waals surface area contributed by atoms with Crippen LogP contribution in [0, 0.1) is 13.8 Å². The minimum atomic E-state index is 0.623. The van der Waals surface area contributed by atoms with E-state index in [9.17, 15) is 0 Å². The molecule has 2 aromatic rings. The van der Waals surface area contributed by atoms with Crippen LogP contribution in [0.3, 0.4) is 0 Å². The summed E-state index contributed by atoms with van der Waals surface area (Å²) in [5.41, 5.74) is 4.40. The van der Waals surface area contributed by atoms with Gasteiger partial charge in [0.15, 0.2) is 0 Å². The molecule has 1 fully saturated rings. The zero-order chi connectivity index (χ0) is 20.6. The SMILES string of the molecule is CCN(CC)c1ccc(Nc2nc(C)cc(NCCN3CCOCC3)n2)c(C)c1. The van der Waals surface area contributed by atoms with E-state index in [4.69, 9.17) is 4.74 Å². The Bertz CT molecular complexity index is 787. The van der Waals surface area contributed by atoms with Gasteiger partial charge in [-0.2, -0.15) is 4.98 Å². The molecule has 7 nitrogen and oxygen atoms in total. The molecule has 3 rings (SSSR count). The number of hydrogen-bond donors (Lipinski definition) is 2. The van der Waals surface area contributed by atoms with Gasteiger partial charge < -0.3 is 20.3 Å². The molecule has 2 N–H and O–H groups in total. The molecule has 2 heterocycles. The van der Waals surface area contributed by atoms with Gasteiger partial charge in [0.1, 0.15) is 5.82 Å². The number of aromatic nitrogens is 2. The number of rotatable bonds is 9. The highest BCUT2D eigenvalue weighted by Crippen LogP contribution is 2.25. The Kier molecular flexibility index (Phi) is 7.66. The van der Waals surface area contributed by atoms with E-state index in [0.717, 1.165) is 69.7 Å². The summed E-state index contributed by atoms with van der Waals surface area (Å²) in [5.74, 6) is 1.48. The molecular formula is C22H34N6O. The van der Waals surface area contributed by atoms with Crippen molar-refractivity contribution in [3.05, 3.63) is 35.5 Å². The molecule has 1 aliphatic heterocycles. The zero-order valence-corrected chi connectivity index (χ0v) is 18.2. The van der Waals surface area contributed by atoms with Gasteiger partial charge in [-0.05, 0) is 51.5 Å². The molecule has 7 heteroatoms. The van der Waals surface area contributed by atoms with Gasteiger partial charge in [0, 0.05) is 62.4 Å². The predicted molar refractivity (Wildman–Crippen MR) is 121 cm³/mol. The van der Waals surface area contributed by atoms with Crippen molar-refractivity contribution in [2.75, 3.05) is 68.0 Å². The van der Waals surface area contributed by atoms with Gasteiger partial charge >= 0.3 is 0 Å². The molecule has 158 valence electrons. The number of morpholine rings is 1. The fourth-order valence-corrected chi connectivity index (χ4v) is 3.58. The third-order valence-corrected chi connectivity index (χ3v) is 5.28. The lowest BCUT2D eigenvalue weighted by Crippen LogP contribution is -2.39. The lowest BCUT2D eigenvalue weighted by molar-refractivity contribution is 0.0398. The lowest BCUT2D eigenvalue weighted by atomic mass is 10.1. The molecule has 29 heavy (non-hydrogen) atoms. The van der Waals surface area contributed by atoms with Crippen molar-refractivity contribution in [3.8, 4) is 0 Å². The molecule has 0 amide bonds. The Morgan fingerprint density at radius 3 is 2.52 bits per heavy atom. The van der Waals surface area contributed by atoms with Crippen LogP contribution in [0.15, 0.2) is 24.3 Å². The average Bonchev–Trinajstić information content (AvgIpc) is 2.71. The van der Waals surface area contributed by atoms with Crippen molar-refractivity contribution in [3.63, 3.8) is 0 Å². The number of benzene rings is 1. The Labute approximate surface area is 174 Å². The summed E-state index contributed by atoms with van der Waals surface area (Å²) in [6.07, 6.45) is 0. The van der Waals surface area contributed by atoms with E-state index in [2.05, 4.69) is 69.4 Å². The highest BCUT2D eigenvalue weighted by atomic mass is 16.5. The Hall–Kier alpha value is -2.38. The first-order chi connectivity index (χ1) is 14.1. The minimum absolute atomic E-state index is 0.623. The standard InChI is InChI=1S/C22H34N6O/c1-5-28(6-2)19-7-8-20(17(3)15-19)25-22-24-18(4)16-21(26-22)23-9-10-27-11-13-29-14-12-27/h7-8,15-16H,5-6,9-14H2,1-4H3,(H2,23,24,25,26). The first-order valence-electron chi connectivity index (χ1n) is 10.6. The van der Waals surface area contributed by atoms with Crippen molar-refractivity contribution >= 4 is 23.1 Å². The zero-order valence-electron chi connectivity index (χ0n) is 18.2. The molecule has 1 aromatic heterocycles. The van der Waals surface area contributed by atoms with Crippen LogP contribution in [0.1, 0.15) is 25.1 Å². The van der Waals surface area contributed by atoms with E-state index in [0.29, 0.717) is 5.95 Å². The second-order valence-corrected chi connectivity index (χ2v) is 7.40. The summed E-state index contributed by atoms with van der Waals surface area (Å²) in [4.78, 5) is 14.0. The van der Waals surface area contributed by atoms with Gasteiger partial charge in [-0.1, -0.05) is 0 Å². The molecule has 0 spiro atoms.